The molecule has 0 spiro atoms. The lowest BCUT2D eigenvalue weighted by molar-refractivity contribution is -0.138. The Morgan fingerprint density at radius 3 is 2.47 bits per heavy atom. The molecule has 1 atom stereocenters. The summed E-state index contributed by atoms with van der Waals surface area (Å²) in [6, 6.07) is 0. The molecule has 0 radical (unpaired) electrons. The Morgan fingerprint density at radius 2 is 2.00 bits per heavy atom. The topological polar surface area (TPSA) is 77.9 Å². The second-order valence-electron chi connectivity index (χ2n) is 4.76. The molecule has 0 aromatic rings. The molecule has 100 valence electrons. The molecule has 0 aliphatic carbocycles. The molecular formula is C10H20N2O4S. The van der Waals surface area contributed by atoms with Crippen LogP contribution < -0.4 is 0 Å². The van der Waals surface area contributed by atoms with Gasteiger partial charge < -0.3 is 5.11 Å². The summed E-state index contributed by atoms with van der Waals surface area (Å²) in [7, 11) is -3.40. The van der Waals surface area contributed by atoms with Crippen LogP contribution in [0.15, 0.2) is 0 Å². The van der Waals surface area contributed by atoms with Crippen molar-refractivity contribution >= 4 is 16.0 Å². The molecule has 1 N–H and O–H groups in total. The summed E-state index contributed by atoms with van der Waals surface area (Å²) in [5.74, 6) is -0.729. The van der Waals surface area contributed by atoms with Gasteiger partial charge >= 0.3 is 5.97 Å². The molecule has 1 aliphatic heterocycles. The summed E-state index contributed by atoms with van der Waals surface area (Å²) in [6.07, 6.45) is 0. The van der Waals surface area contributed by atoms with E-state index in [4.69, 9.17) is 5.11 Å². The summed E-state index contributed by atoms with van der Waals surface area (Å²) in [4.78, 5) is 12.1. The second-order valence-corrected chi connectivity index (χ2v) is 6.99. The first kappa shape index (κ1) is 14.4. The molecule has 1 fully saturated rings. The number of hydrogen-bond acceptors (Lipinski definition) is 4. The maximum Gasteiger partial charge on any atom is 0.317 e. The zero-order valence-corrected chi connectivity index (χ0v) is 11.3. The fourth-order valence-corrected chi connectivity index (χ4v) is 3.77. The van der Waals surface area contributed by atoms with Crippen molar-refractivity contribution in [3.8, 4) is 0 Å². The van der Waals surface area contributed by atoms with Gasteiger partial charge in [-0.1, -0.05) is 13.8 Å². The van der Waals surface area contributed by atoms with Crippen molar-refractivity contribution in [1.29, 1.82) is 0 Å². The largest absolute Gasteiger partial charge is 0.480 e. The zero-order valence-electron chi connectivity index (χ0n) is 10.5. The van der Waals surface area contributed by atoms with Crippen LogP contribution in [0.3, 0.4) is 0 Å². The number of aliphatic carboxylic acids is 1. The number of carboxylic acids is 1. The van der Waals surface area contributed by atoms with Gasteiger partial charge in [0.05, 0.1) is 6.54 Å². The highest BCUT2D eigenvalue weighted by molar-refractivity contribution is 7.89. The van der Waals surface area contributed by atoms with E-state index in [1.165, 1.54) is 9.21 Å². The molecule has 1 aliphatic rings. The van der Waals surface area contributed by atoms with Gasteiger partial charge in [0.25, 0.3) is 0 Å². The first-order chi connectivity index (χ1) is 7.75. The third-order valence-corrected chi connectivity index (χ3v) is 5.06. The van der Waals surface area contributed by atoms with Gasteiger partial charge in [-0.2, -0.15) is 4.31 Å². The third-order valence-electron chi connectivity index (χ3n) is 2.85. The smallest absolute Gasteiger partial charge is 0.317 e. The predicted molar refractivity (Wildman–Crippen MR) is 64.0 cm³/mol. The van der Waals surface area contributed by atoms with Crippen molar-refractivity contribution in [3.05, 3.63) is 0 Å². The van der Waals surface area contributed by atoms with Crippen LogP contribution in [0.2, 0.25) is 0 Å². The van der Waals surface area contributed by atoms with E-state index in [0.717, 1.165) is 0 Å². The Hall–Kier alpha value is -0.660. The van der Waals surface area contributed by atoms with E-state index in [2.05, 4.69) is 0 Å². The first-order valence-corrected chi connectivity index (χ1v) is 7.20. The van der Waals surface area contributed by atoms with Crippen LogP contribution in [0, 0.1) is 5.92 Å². The maximum absolute atomic E-state index is 12.1. The Morgan fingerprint density at radius 1 is 1.41 bits per heavy atom. The SMILES string of the molecule is CC(C)CN1CCN(CC(=O)O)[C@@H](C)S1(=O)=O. The van der Waals surface area contributed by atoms with Crippen molar-refractivity contribution in [2.24, 2.45) is 5.92 Å². The molecule has 1 heterocycles. The van der Waals surface area contributed by atoms with Crippen molar-refractivity contribution in [3.63, 3.8) is 0 Å². The lowest BCUT2D eigenvalue weighted by Crippen LogP contribution is -2.56. The molecule has 7 heteroatoms. The van der Waals surface area contributed by atoms with Gasteiger partial charge in [0.2, 0.25) is 10.0 Å². The van der Waals surface area contributed by atoms with E-state index in [1.807, 2.05) is 13.8 Å². The minimum atomic E-state index is -3.40. The summed E-state index contributed by atoms with van der Waals surface area (Å²) >= 11 is 0. The van der Waals surface area contributed by atoms with E-state index in [0.29, 0.717) is 19.6 Å². The van der Waals surface area contributed by atoms with Crippen molar-refractivity contribution in [2.75, 3.05) is 26.2 Å². The van der Waals surface area contributed by atoms with Crippen LogP contribution in [0.5, 0.6) is 0 Å². The number of sulfonamides is 1. The molecule has 0 amide bonds. The molecule has 0 bridgehead atoms. The van der Waals surface area contributed by atoms with E-state index < -0.39 is 21.4 Å². The van der Waals surface area contributed by atoms with Gasteiger partial charge in [0, 0.05) is 19.6 Å². The Bertz CT molecular complexity index is 380. The van der Waals surface area contributed by atoms with E-state index in [1.54, 1.807) is 6.92 Å². The van der Waals surface area contributed by atoms with Gasteiger partial charge in [-0.25, -0.2) is 8.42 Å². The van der Waals surface area contributed by atoms with Crippen molar-refractivity contribution < 1.29 is 18.3 Å². The predicted octanol–water partition coefficient (Wildman–Crippen LogP) is 0.0204. The van der Waals surface area contributed by atoms with Gasteiger partial charge in [-0.15, -0.1) is 0 Å². The second kappa shape index (κ2) is 5.32. The van der Waals surface area contributed by atoms with Crippen LogP contribution in [-0.4, -0.2) is 60.3 Å². The minimum absolute atomic E-state index is 0.226. The molecule has 6 nitrogen and oxygen atoms in total. The average Bonchev–Trinajstić information content (AvgIpc) is 2.17. The quantitative estimate of drug-likeness (QED) is 0.774. The normalized spacial score (nSPS) is 26.2. The maximum atomic E-state index is 12.1. The molecular weight excluding hydrogens is 244 g/mol. The van der Waals surface area contributed by atoms with Crippen LogP contribution in [-0.2, 0) is 14.8 Å². The van der Waals surface area contributed by atoms with Crippen LogP contribution in [0.1, 0.15) is 20.8 Å². The monoisotopic (exact) mass is 264 g/mol. The Kier molecular flexibility index (Phi) is 4.51. The zero-order chi connectivity index (χ0) is 13.2. The number of nitrogens with zero attached hydrogens (tertiary/aromatic N) is 2. The molecule has 0 saturated carbocycles. The highest BCUT2D eigenvalue weighted by Gasteiger charge is 2.38. The fourth-order valence-electron chi connectivity index (χ4n) is 1.94. The van der Waals surface area contributed by atoms with Crippen molar-refractivity contribution in [1.82, 2.24) is 9.21 Å². The van der Waals surface area contributed by atoms with E-state index in [9.17, 15) is 13.2 Å². The number of carboxylic acid groups (broad SMARTS) is 1. The highest BCUT2D eigenvalue weighted by atomic mass is 32.2. The molecule has 0 unspecified atom stereocenters. The van der Waals surface area contributed by atoms with Gasteiger partial charge in [-0.3, -0.25) is 9.69 Å². The average molecular weight is 264 g/mol. The minimum Gasteiger partial charge on any atom is -0.480 e. The fraction of sp³-hybridized carbons (Fsp3) is 0.900. The lowest BCUT2D eigenvalue weighted by Gasteiger charge is -2.38. The highest BCUT2D eigenvalue weighted by Crippen LogP contribution is 2.19. The van der Waals surface area contributed by atoms with Crippen LogP contribution in [0.25, 0.3) is 0 Å². The molecule has 1 rings (SSSR count). The number of hydrogen-bond donors (Lipinski definition) is 1. The summed E-state index contributed by atoms with van der Waals surface area (Å²) in [6.45, 7) is 6.58. The van der Waals surface area contributed by atoms with Gasteiger partial charge in [0.1, 0.15) is 5.37 Å². The summed E-state index contributed by atoms with van der Waals surface area (Å²) < 4.78 is 25.7. The summed E-state index contributed by atoms with van der Waals surface area (Å²) in [5, 5.41) is 7.96. The van der Waals surface area contributed by atoms with E-state index >= 15 is 0 Å². The Balaban J connectivity index is 2.79. The standard InChI is InChI=1S/C10H20N2O4S/c1-8(2)6-12-5-4-11(7-10(13)14)9(3)17(12,15)16/h8-9H,4-7H2,1-3H3,(H,13,14)/t9-/m1/s1. The number of rotatable bonds is 4. The van der Waals surface area contributed by atoms with Crippen LogP contribution >= 0.6 is 0 Å². The molecule has 0 aromatic heterocycles. The van der Waals surface area contributed by atoms with E-state index in [-0.39, 0.29) is 12.5 Å². The van der Waals surface area contributed by atoms with Gasteiger partial charge in [-0.05, 0) is 12.8 Å². The lowest BCUT2D eigenvalue weighted by atomic mass is 10.2. The molecule has 17 heavy (non-hydrogen) atoms. The first-order valence-electron chi connectivity index (χ1n) is 5.70. The van der Waals surface area contributed by atoms with Gasteiger partial charge in [0.15, 0.2) is 0 Å². The Labute approximate surface area is 102 Å². The summed E-state index contributed by atoms with van der Waals surface area (Å²) in [5.41, 5.74) is 0. The van der Waals surface area contributed by atoms with Crippen molar-refractivity contribution in [2.45, 2.75) is 26.1 Å². The molecule has 1 saturated heterocycles. The third kappa shape index (κ3) is 3.40. The molecule has 0 aromatic carbocycles. The van der Waals surface area contributed by atoms with Crippen LogP contribution in [0.4, 0.5) is 0 Å². The number of carbonyl (C=O) groups is 1.